The van der Waals surface area contributed by atoms with E-state index in [-0.39, 0.29) is 6.61 Å². The van der Waals surface area contributed by atoms with Crippen LogP contribution in [0, 0.1) is 24.2 Å². The number of aryl methyl sites for hydroxylation is 1. The number of nitrogens with zero attached hydrogens (tertiary/aromatic N) is 2. The van der Waals surface area contributed by atoms with E-state index in [1.807, 2.05) is 12.1 Å². The highest BCUT2D eigenvalue weighted by Gasteiger charge is 2.24. The number of hydrogen-bond acceptors (Lipinski definition) is 3. The second kappa shape index (κ2) is 5.20. The number of rotatable bonds is 3. The second-order valence-corrected chi connectivity index (χ2v) is 4.70. The van der Waals surface area contributed by atoms with Crippen molar-refractivity contribution in [1.29, 1.82) is 5.26 Å². The molecule has 3 heteroatoms. The van der Waals surface area contributed by atoms with Crippen LogP contribution in [0.25, 0.3) is 0 Å². The normalized spacial score (nSPS) is 19.4. The highest BCUT2D eigenvalue weighted by atomic mass is 16.3. The van der Waals surface area contributed by atoms with Gasteiger partial charge in [-0.05, 0) is 37.3 Å². The highest BCUT2D eigenvalue weighted by Crippen LogP contribution is 2.30. The van der Waals surface area contributed by atoms with Crippen molar-refractivity contribution < 1.29 is 5.11 Å². The van der Waals surface area contributed by atoms with Gasteiger partial charge in [0.2, 0.25) is 0 Å². The number of benzene rings is 1. The average molecular weight is 230 g/mol. The molecular weight excluding hydrogens is 212 g/mol. The number of nitriles is 1. The van der Waals surface area contributed by atoms with Crippen LogP contribution in [0.3, 0.4) is 0 Å². The predicted octanol–water partition coefficient (Wildman–Crippen LogP) is 2.08. The first-order chi connectivity index (χ1) is 8.26. The van der Waals surface area contributed by atoms with Gasteiger partial charge in [0.05, 0.1) is 11.3 Å². The Morgan fingerprint density at radius 1 is 1.53 bits per heavy atom. The Morgan fingerprint density at radius 3 is 3.06 bits per heavy atom. The van der Waals surface area contributed by atoms with Crippen LogP contribution in [-0.4, -0.2) is 24.8 Å². The summed E-state index contributed by atoms with van der Waals surface area (Å²) in [7, 11) is 0. The summed E-state index contributed by atoms with van der Waals surface area (Å²) in [5.74, 6) is 0.561. The Bertz CT molecular complexity index is 436. The topological polar surface area (TPSA) is 47.3 Å². The quantitative estimate of drug-likeness (QED) is 0.864. The molecule has 2 rings (SSSR count). The van der Waals surface area contributed by atoms with Crippen LogP contribution < -0.4 is 4.90 Å². The smallest absolute Gasteiger partial charge is 0.101 e. The van der Waals surface area contributed by atoms with Gasteiger partial charge in [0.1, 0.15) is 6.07 Å². The molecule has 0 saturated carbocycles. The van der Waals surface area contributed by atoms with E-state index in [2.05, 4.69) is 24.0 Å². The third-order valence-electron chi connectivity index (χ3n) is 3.50. The first-order valence-corrected chi connectivity index (χ1v) is 6.11. The van der Waals surface area contributed by atoms with E-state index in [0.29, 0.717) is 5.92 Å². The maximum atomic E-state index is 9.16. The number of para-hydroxylation sites is 1. The van der Waals surface area contributed by atoms with Gasteiger partial charge in [-0.15, -0.1) is 0 Å². The molecule has 0 aromatic heterocycles. The third-order valence-corrected chi connectivity index (χ3v) is 3.50. The fraction of sp³-hybridized carbons (Fsp3) is 0.500. The summed E-state index contributed by atoms with van der Waals surface area (Å²) >= 11 is 0. The molecule has 1 heterocycles. The Labute approximate surface area is 102 Å². The second-order valence-electron chi connectivity index (χ2n) is 4.70. The Morgan fingerprint density at radius 2 is 2.35 bits per heavy atom. The van der Waals surface area contributed by atoms with Crippen LogP contribution in [0.5, 0.6) is 0 Å². The summed E-state index contributed by atoms with van der Waals surface area (Å²) in [6.45, 7) is 4.26. The van der Waals surface area contributed by atoms with Crippen molar-refractivity contribution in [3.63, 3.8) is 0 Å². The molecular formula is C14H18N2O. The van der Waals surface area contributed by atoms with E-state index < -0.39 is 0 Å². The van der Waals surface area contributed by atoms with Crippen LogP contribution in [0.15, 0.2) is 18.2 Å². The van der Waals surface area contributed by atoms with Gasteiger partial charge in [0.25, 0.3) is 0 Å². The van der Waals surface area contributed by atoms with Crippen molar-refractivity contribution in [3.8, 4) is 6.07 Å². The van der Waals surface area contributed by atoms with E-state index in [9.17, 15) is 0 Å². The maximum absolute atomic E-state index is 9.16. The van der Waals surface area contributed by atoms with Crippen molar-refractivity contribution in [2.24, 2.45) is 5.92 Å². The molecule has 0 aliphatic carbocycles. The number of hydrogen-bond donors (Lipinski definition) is 1. The standard InChI is InChI=1S/C14H18N2O/c1-11-3-2-4-13(9-15)14(11)16-7-5-12(10-16)6-8-17/h2-4,12,17H,5-8,10H2,1H3. The van der Waals surface area contributed by atoms with E-state index in [1.54, 1.807) is 0 Å². The van der Waals surface area contributed by atoms with Gasteiger partial charge >= 0.3 is 0 Å². The number of aliphatic hydroxyl groups is 1. The van der Waals surface area contributed by atoms with E-state index in [0.717, 1.165) is 42.7 Å². The molecule has 0 spiro atoms. The average Bonchev–Trinajstić information content (AvgIpc) is 2.77. The molecule has 1 N–H and O–H groups in total. The zero-order chi connectivity index (χ0) is 12.3. The minimum absolute atomic E-state index is 0.261. The Balaban J connectivity index is 2.22. The molecule has 1 aliphatic rings. The van der Waals surface area contributed by atoms with Gasteiger partial charge in [-0.3, -0.25) is 0 Å². The molecule has 17 heavy (non-hydrogen) atoms. The van der Waals surface area contributed by atoms with Crippen molar-refractivity contribution in [2.45, 2.75) is 19.8 Å². The SMILES string of the molecule is Cc1cccc(C#N)c1N1CCC(CCO)C1. The fourth-order valence-corrected chi connectivity index (χ4v) is 2.62. The lowest BCUT2D eigenvalue weighted by Gasteiger charge is -2.22. The van der Waals surface area contributed by atoms with Crippen molar-refractivity contribution in [1.82, 2.24) is 0 Å². The van der Waals surface area contributed by atoms with Crippen molar-refractivity contribution in [3.05, 3.63) is 29.3 Å². The van der Waals surface area contributed by atoms with Gasteiger partial charge in [-0.1, -0.05) is 12.1 Å². The molecule has 0 radical (unpaired) electrons. The van der Waals surface area contributed by atoms with E-state index >= 15 is 0 Å². The molecule has 90 valence electrons. The summed E-state index contributed by atoms with van der Waals surface area (Å²) in [6, 6.07) is 8.13. The van der Waals surface area contributed by atoms with Crippen LogP contribution in [0.1, 0.15) is 24.0 Å². The Kier molecular flexibility index (Phi) is 3.65. The third kappa shape index (κ3) is 2.42. The van der Waals surface area contributed by atoms with Crippen LogP contribution in [0.2, 0.25) is 0 Å². The van der Waals surface area contributed by atoms with Crippen molar-refractivity contribution >= 4 is 5.69 Å². The molecule has 1 unspecified atom stereocenters. The number of anilines is 1. The molecule has 1 aliphatic heterocycles. The number of aliphatic hydroxyl groups excluding tert-OH is 1. The Hall–Kier alpha value is -1.53. The van der Waals surface area contributed by atoms with Gasteiger partial charge < -0.3 is 10.0 Å². The molecule has 1 atom stereocenters. The zero-order valence-electron chi connectivity index (χ0n) is 10.2. The summed E-state index contributed by atoms with van der Waals surface area (Å²) in [5, 5.41) is 18.1. The maximum Gasteiger partial charge on any atom is 0.101 e. The fourth-order valence-electron chi connectivity index (χ4n) is 2.62. The molecule has 0 bridgehead atoms. The summed E-state index contributed by atoms with van der Waals surface area (Å²) in [5.41, 5.74) is 3.00. The minimum Gasteiger partial charge on any atom is -0.396 e. The van der Waals surface area contributed by atoms with E-state index in [4.69, 9.17) is 10.4 Å². The molecule has 1 aromatic rings. The minimum atomic E-state index is 0.261. The predicted molar refractivity (Wildman–Crippen MR) is 67.9 cm³/mol. The zero-order valence-corrected chi connectivity index (χ0v) is 10.2. The lowest BCUT2D eigenvalue weighted by atomic mass is 10.1. The highest BCUT2D eigenvalue weighted by molar-refractivity contribution is 5.64. The lowest BCUT2D eigenvalue weighted by molar-refractivity contribution is 0.263. The molecule has 1 saturated heterocycles. The molecule has 3 nitrogen and oxygen atoms in total. The largest absolute Gasteiger partial charge is 0.396 e. The monoisotopic (exact) mass is 230 g/mol. The summed E-state index contributed by atoms with van der Waals surface area (Å²) < 4.78 is 0. The first-order valence-electron chi connectivity index (χ1n) is 6.11. The van der Waals surface area contributed by atoms with Gasteiger partial charge in [0.15, 0.2) is 0 Å². The van der Waals surface area contributed by atoms with Crippen LogP contribution in [-0.2, 0) is 0 Å². The molecule has 1 fully saturated rings. The van der Waals surface area contributed by atoms with Gasteiger partial charge in [0, 0.05) is 19.7 Å². The van der Waals surface area contributed by atoms with Gasteiger partial charge in [-0.2, -0.15) is 5.26 Å². The van der Waals surface area contributed by atoms with E-state index in [1.165, 1.54) is 0 Å². The lowest BCUT2D eigenvalue weighted by Crippen LogP contribution is -2.21. The molecule has 0 amide bonds. The first kappa shape index (κ1) is 11.9. The summed E-state index contributed by atoms with van der Waals surface area (Å²) in [6.07, 6.45) is 1.98. The molecule has 1 aromatic carbocycles. The van der Waals surface area contributed by atoms with Gasteiger partial charge in [-0.25, -0.2) is 0 Å². The van der Waals surface area contributed by atoms with Crippen LogP contribution in [0.4, 0.5) is 5.69 Å². The van der Waals surface area contributed by atoms with Crippen LogP contribution >= 0.6 is 0 Å². The van der Waals surface area contributed by atoms with Crippen molar-refractivity contribution in [2.75, 3.05) is 24.6 Å². The summed E-state index contributed by atoms with van der Waals surface area (Å²) in [4.78, 5) is 2.29.